The zero-order chi connectivity index (χ0) is 20.1. The second-order valence-corrected chi connectivity index (χ2v) is 7.58. The van der Waals surface area contributed by atoms with Gasteiger partial charge in [-0.3, -0.25) is 9.59 Å². The first kappa shape index (κ1) is 17.7. The molecule has 146 valence electrons. The normalized spacial score (nSPS) is 13.8. The molecule has 29 heavy (non-hydrogen) atoms. The van der Waals surface area contributed by atoms with Crippen molar-refractivity contribution in [3.05, 3.63) is 65.1 Å². The number of benzene rings is 2. The van der Waals surface area contributed by atoms with Gasteiger partial charge in [-0.05, 0) is 44.5 Å². The molecular weight excluding hydrogens is 364 g/mol. The number of aromatic nitrogens is 1. The number of Topliss-reactive ketones (excluding diaryl/α,β-unsaturated/α-hetero) is 1. The Bertz CT molecular complexity index is 1290. The molecule has 5 heteroatoms. The topological polar surface area (TPSA) is 64.2 Å². The molecule has 0 aliphatic heterocycles. The molecule has 1 aliphatic carbocycles. The van der Waals surface area contributed by atoms with Crippen LogP contribution in [0.2, 0.25) is 0 Å². The van der Waals surface area contributed by atoms with Crippen LogP contribution >= 0.6 is 0 Å². The van der Waals surface area contributed by atoms with Gasteiger partial charge in [0.15, 0.2) is 11.5 Å². The van der Waals surface area contributed by atoms with Crippen molar-refractivity contribution in [2.75, 3.05) is 5.32 Å². The van der Waals surface area contributed by atoms with E-state index in [-0.39, 0.29) is 17.5 Å². The smallest absolute Gasteiger partial charge is 0.291 e. The number of amides is 1. The van der Waals surface area contributed by atoms with Gasteiger partial charge in [0.1, 0.15) is 5.76 Å². The van der Waals surface area contributed by atoms with E-state index in [1.807, 2.05) is 30.3 Å². The first-order chi connectivity index (χ1) is 14.1. The van der Waals surface area contributed by atoms with Crippen molar-refractivity contribution < 1.29 is 14.0 Å². The highest BCUT2D eigenvalue weighted by molar-refractivity contribution is 6.11. The van der Waals surface area contributed by atoms with Crippen LogP contribution in [0.4, 0.5) is 5.69 Å². The summed E-state index contributed by atoms with van der Waals surface area (Å²) in [5, 5.41) is 5.22. The number of nitrogens with zero attached hydrogens (tertiary/aromatic N) is 1. The number of carbonyl (C=O) groups is 2. The minimum absolute atomic E-state index is 0.0698. The summed E-state index contributed by atoms with van der Waals surface area (Å²) >= 11 is 0. The molecule has 0 unspecified atom stereocenters. The Morgan fingerprint density at radius 3 is 2.69 bits per heavy atom. The Morgan fingerprint density at radius 1 is 1.10 bits per heavy atom. The molecule has 1 aliphatic rings. The molecular formula is C24H22N2O3. The predicted octanol–water partition coefficient (Wildman–Crippen LogP) is 5.49. The second-order valence-electron chi connectivity index (χ2n) is 7.58. The number of nitrogens with one attached hydrogen (secondary N) is 1. The van der Waals surface area contributed by atoms with Gasteiger partial charge in [0, 0.05) is 52.4 Å². The summed E-state index contributed by atoms with van der Waals surface area (Å²) in [4.78, 5) is 25.1. The Balaban J connectivity index is 1.53. The number of anilines is 1. The molecule has 0 spiro atoms. The number of fused-ring (bicyclic) bond motifs is 4. The van der Waals surface area contributed by atoms with E-state index in [1.165, 1.54) is 5.52 Å². The summed E-state index contributed by atoms with van der Waals surface area (Å²) < 4.78 is 8.05. The van der Waals surface area contributed by atoms with Crippen molar-refractivity contribution in [1.29, 1.82) is 0 Å². The molecule has 1 N–H and O–H groups in total. The Kier molecular flexibility index (Phi) is 4.05. The number of hydrogen-bond acceptors (Lipinski definition) is 3. The van der Waals surface area contributed by atoms with Crippen LogP contribution in [0.5, 0.6) is 0 Å². The van der Waals surface area contributed by atoms with Crippen molar-refractivity contribution in [2.24, 2.45) is 0 Å². The van der Waals surface area contributed by atoms with E-state index in [9.17, 15) is 9.59 Å². The highest BCUT2D eigenvalue weighted by atomic mass is 16.4. The summed E-state index contributed by atoms with van der Waals surface area (Å²) in [6, 6.07) is 14.2. The van der Waals surface area contributed by atoms with E-state index >= 15 is 0 Å². The van der Waals surface area contributed by atoms with Gasteiger partial charge in [-0.15, -0.1) is 0 Å². The number of ketones is 1. The zero-order valence-corrected chi connectivity index (χ0v) is 16.5. The Labute approximate surface area is 168 Å². The number of furan rings is 1. The highest BCUT2D eigenvalue weighted by Gasteiger charge is 2.28. The van der Waals surface area contributed by atoms with Gasteiger partial charge in [-0.1, -0.05) is 18.2 Å². The number of carbonyl (C=O) groups excluding carboxylic acids is 2. The lowest BCUT2D eigenvalue weighted by molar-refractivity contribution is 0.0963. The van der Waals surface area contributed by atoms with Gasteiger partial charge < -0.3 is 14.3 Å². The first-order valence-corrected chi connectivity index (χ1v) is 10.1. The highest BCUT2D eigenvalue weighted by Crippen LogP contribution is 2.32. The van der Waals surface area contributed by atoms with Crippen molar-refractivity contribution >= 4 is 39.2 Å². The minimum Gasteiger partial charge on any atom is -0.455 e. The third-order valence-corrected chi connectivity index (χ3v) is 5.86. The Hall–Kier alpha value is -3.34. The van der Waals surface area contributed by atoms with Crippen LogP contribution < -0.4 is 5.32 Å². The van der Waals surface area contributed by atoms with E-state index in [0.717, 1.165) is 29.3 Å². The molecule has 4 aromatic rings. The molecule has 0 radical (unpaired) electrons. The molecule has 5 rings (SSSR count). The second kappa shape index (κ2) is 6.62. The van der Waals surface area contributed by atoms with Crippen LogP contribution in [-0.4, -0.2) is 16.3 Å². The maximum Gasteiger partial charge on any atom is 0.291 e. The van der Waals surface area contributed by atoms with Crippen LogP contribution in [0.15, 0.2) is 46.9 Å². The monoisotopic (exact) mass is 386 g/mol. The van der Waals surface area contributed by atoms with Gasteiger partial charge in [0.05, 0.1) is 5.56 Å². The number of aryl methyl sites for hydroxylation is 2. The average molecular weight is 386 g/mol. The van der Waals surface area contributed by atoms with Gasteiger partial charge in [0.25, 0.3) is 5.91 Å². The maximum atomic E-state index is 12.9. The quantitative estimate of drug-likeness (QED) is 0.506. The molecule has 5 nitrogen and oxygen atoms in total. The standard InChI is InChI=1S/C24H22N2O3/c1-3-26-18-8-5-4-7-16(18)17-13-15(11-12-19(17)26)25-24(28)23-14(2)22-20(27)9-6-10-21(22)29-23/h4-5,7-8,11-13H,3,6,9-10H2,1-2H3,(H,25,28). The molecule has 0 bridgehead atoms. The molecule has 2 heterocycles. The zero-order valence-electron chi connectivity index (χ0n) is 16.5. The number of hydrogen-bond donors (Lipinski definition) is 1. The van der Waals surface area contributed by atoms with E-state index in [4.69, 9.17) is 4.42 Å². The van der Waals surface area contributed by atoms with Gasteiger partial charge >= 0.3 is 0 Å². The van der Waals surface area contributed by atoms with Crippen LogP contribution in [0.1, 0.15) is 52.0 Å². The lowest BCUT2D eigenvalue weighted by Crippen LogP contribution is -2.13. The van der Waals surface area contributed by atoms with E-state index in [2.05, 4.69) is 28.9 Å². The Morgan fingerprint density at radius 2 is 1.90 bits per heavy atom. The summed E-state index contributed by atoms with van der Waals surface area (Å²) in [6.07, 6.45) is 2.00. The lowest BCUT2D eigenvalue weighted by atomic mass is 9.94. The molecule has 0 fully saturated rings. The molecule has 2 aromatic carbocycles. The van der Waals surface area contributed by atoms with Gasteiger partial charge in [0.2, 0.25) is 0 Å². The third kappa shape index (κ3) is 2.69. The van der Waals surface area contributed by atoms with Crippen molar-refractivity contribution in [2.45, 2.75) is 39.7 Å². The summed E-state index contributed by atoms with van der Waals surface area (Å²) in [5.41, 5.74) is 4.28. The minimum atomic E-state index is -0.316. The maximum absolute atomic E-state index is 12.9. The third-order valence-electron chi connectivity index (χ3n) is 5.86. The fourth-order valence-corrected chi connectivity index (χ4v) is 4.53. The van der Waals surface area contributed by atoms with Crippen molar-refractivity contribution in [3.8, 4) is 0 Å². The molecule has 0 saturated carbocycles. The molecule has 2 aromatic heterocycles. The molecule has 0 saturated heterocycles. The molecule has 1 amide bonds. The van der Waals surface area contributed by atoms with E-state index in [0.29, 0.717) is 35.4 Å². The summed E-state index contributed by atoms with van der Waals surface area (Å²) in [5.74, 6) is 0.635. The van der Waals surface area contributed by atoms with Crippen molar-refractivity contribution in [1.82, 2.24) is 4.57 Å². The van der Waals surface area contributed by atoms with E-state index in [1.54, 1.807) is 6.92 Å². The SMILES string of the molecule is CCn1c2ccccc2c2cc(NC(=O)c3oc4c(c3C)C(=O)CCC4)ccc21. The van der Waals surface area contributed by atoms with Crippen molar-refractivity contribution in [3.63, 3.8) is 0 Å². The largest absolute Gasteiger partial charge is 0.455 e. The molecule has 0 atom stereocenters. The summed E-state index contributed by atoms with van der Waals surface area (Å²) in [7, 11) is 0. The van der Waals surface area contributed by atoms with E-state index < -0.39 is 0 Å². The van der Waals surface area contributed by atoms with Crippen LogP contribution in [0.25, 0.3) is 21.8 Å². The van der Waals surface area contributed by atoms with Crippen LogP contribution in [0, 0.1) is 6.92 Å². The fraction of sp³-hybridized carbons (Fsp3) is 0.250. The lowest BCUT2D eigenvalue weighted by Gasteiger charge is -2.07. The summed E-state index contributed by atoms with van der Waals surface area (Å²) in [6.45, 7) is 4.80. The first-order valence-electron chi connectivity index (χ1n) is 10.1. The fourth-order valence-electron chi connectivity index (χ4n) is 4.53. The van der Waals surface area contributed by atoms with Crippen LogP contribution in [-0.2, 0) is 13.0 Å². The van der Waals surface area contributed by atoms with Gasteiger partial charge in [-0.2, -0.15) is 0 Å². The average Bonchev–Trinajstić information content (AvgIpc) is 3.23. The number of rotatable bonds is 3. The van der Waals surface area contributed by atoms with Crippen LogP contribution in [0.3, 0.4) is 0 Å². The number of para-hydroxylation sites is 1. The van der Waals surface area contributed by atoms with Gasteiger partial charge in [-0.25, -0.2) is 0 Å². The predicted molar refractivity (Wildman–Crippen MR) is 114 cm³/mol.